The van der Waals surface area contributed by atoms with Crippen LogP contribution in [0.15, 0.2) is 12.7 Å². The first-order chi connectivity index (χ1) is 7.59. The second kappa shape index (κ2) is 29.5. The van der Waals surface area contributed by atoms with E-state index in [4.69, 9.17) is 15.3 Å². The summed E-state index contributed by atoms with van der Waals surface area (Å²) in [5.74, 6) is -2.73. The van der Waals surface area contributed by atoms with Gasteiger partial charge in [0.25, 0.3) is 0 Å². The molecule has 0 aliphatic heterocycles. The first-order valence-corrected chi connectivity index (χ1v) is 4.14. The molecular formula is C10H18O6Ti. The van der Waals surface area contributed by atoms with Crippen molar-refractivity contribution < 1.29 is 51.7 Å². The molecule has 0 aromatic heterocycles. The number of aliphatic carboxylic acids is 1. The molecule has 17 heavy (non-hydrogen) atoms. The SMILES string of the molecule is C=CCC(C(C)=O)C(=O)[O-].C[O-].C[O-].C[O-].[Ti+4]. The standard InChI is InChI=1S/C7H10O3.3CH3O.Ti/c1-3-4-6(5(2)8)7(9)10;3*1-2;/h3,6H,1,4H2,2H3,(H,9,10);3*1H3;/q;3*-1;+4/p-1. The van der Waals surface area contributed by atoms with Crippen LogP contribution in [0.5, 0.6) is 0 Å². The van der Waals surface area contributed by atoms with Crippen molar-refractivity contribution in [2.45, 2.75) is 13.3 Å². The molecule has 0 radical (unpaired) electrons. The molecule has 0 amide bonds. The van der Waals surface area contributed by atoms with E-state index in [2.05, 4.69) is 6.58 Å². The molecule has 7 heteroatoms. The minimum Gasteiger partial charge on any atom is -0.857 e. The van der Waals surface area contributed by atoms with Crippen molar-refractivity contribution in [3.63, 3.8) is 0 Å². The monoisotopic (exact) mass is 282 g/mol. The van der Waals surface area contributed by atoms with Crippen molar-refractivity contribution in [1.82, 2.24) is 0 Å². The Bertz CT molecular complexity index is 158. The zero-order valence-electron chi connectivity index (χ0n) is 10.5. The molecule has 1 unspecified atom stereocenters. The largest absolute Gasteiger partial charge is 4.00 e. The van der Waals surface area contributed by atoms with E-state index in [0.29, 0.717) is 0 Å². The third-order valence-corrected chi connectivity index (χ3v) is 1.18. The average Bonchev–Trinajstić information content (AvgIpc) is 2.33. The number of carboxylic acid groups (broad SMARTS) is 1. The summed E-state index contributed by atoms with van der Waals surface area (Å²) in [5, 5.41) is 34.9. The molecule has 0 spiro atoms. The van der Waals surface area contributed by atoms with Gasteiger partial charge in [-0.05, 0) is 13.3 Å². The van der Waals surface area contributed by atoms with E-state index in [1.165, 1.54) is 13.0 Å². The third kappa shape index (κ3) is 25.6. The quantitative estimate of drug-likeness (QED) is 0.298. The molecule has 98 valence electrons. The number of allylic oxidation sites excluding steroid dienone is 1. The number of carbonyl (C=O) groups excluding carboxylic acids is 2. The van der Waals surface area contributed by atoms with Gasteiger partial charge in [0.05, 0.1) is 11.9 Å². The van der Waals surface area contributed by atoms with Gasteiger partial charge in [0.1, 0.15) is 5.78 Å². The Morgan fingerprint density at radius 1 is 1.12 bits per heavy atom. The van der Waals surface area contributed by atoms with E-state index in [-0.39, 0.29) is 33.9 Å². The predicted octanol–water partition coefficient (Wildman–Crippen LogP) is -3.56. The van der Waals surface area contributed by atoms with Crippen LogP contribution >= 0.6 is 0 Å². The van der Waals surface area contributed by atoms with E-state index >= 15 is 0 Å². The van der Waals surface area contributed by atoms with Gasteiger partial charge in [0, 0.05) is 0 Å². The fourth-order valence-corrected chi connectivity index (χ4v) is 0.595. The first kappa shape index (κ1) is 30.0. The van der Waals surface area contributed by atoms with Crippen molar-refractivity contribution in [2.24, 2.45) is 5.92 Å². The fraction of sp³-hybridized carbons (Fsp3) is 0.600. The van der Waals surface area contributed by atoms with E-state index in [1.807, 2.05) is 0 Å². The summed E-state index contributed by atoms with van der Waals surface area (Å²) in [6.07, 6.45) is 1.54. The minimum atomic E-state index is -1.33. The first-order valence-electron chi connectivity index (χ1n) is 4.14. The molecule has 0 aliphatic carbocycles. The van der Waals surface area contributed by atoms with Crippen LogP contribution in [0.2, 0.25) is 0 Å². The number of hydrogen-bond acceptors (Lipinski definition) is 6. The number of carboxylic acids is 1. The van der Waals surface area contributed by atoms with Crippen molar-refractivity contribution in [2.75, 3.05) is 21.3 Å². The smallest absolute Gasteiger partial charge is 0.857 e. The maximum atomic E-state index is 10.5. The average molecular weight is 282 g/mol. The van der Waals surface area contributed by atoms with Crippen LogP contribution in [-0.4, -0.2) is 33.1 Å². The predicted molar refractivity (Wildman–Crippen MR) is 51.8 cm³/mol. The van der Waals surface area contributed by atoms with Crippen LogP contribution in [0.3, 0.4) is 0 Å². The van der Waals surface area contributed by atoms with Gasteiger partial charge in [-0.15, -0.1) is 6.58 Å². The molecule has 0 saturated carbocycles. The second-order valence-electron chi connectivity index (χ2n) is 2.01. The van der Waals surface area contributed by atoms with E-state index < -0.39 is 11.9 Å². The van der Waals surface area contributed by atoms with E-state index in [1.54, 1.807) is 0 Å². The molecular weight excluding hydrogens is 264 g/mol. The maximum absolute atomic E-state index is 10.5. The molecule has 1 atom stereocenters. The number of carbonyl (C=O) groups is 2. The van der Waals surface area contributed by atoms with Gasteiger partial charge in [-0.2, -0.15) is 21.3 Å². The number of rotatable bonds is 4. The summed E-state index contributed by atoms with van der Waals surface area (Å²) in [6.45, 7) is 4.55. The van der Waals surface area contributed by atoms with E-state index in [9.17, 15) is 14.7 Å². The summed E-state index contributed by atoms with van der Waals surface area (Å²) in [7, 11) is 2.25. The van der Waals surface area contributed by atoms with Crippen LogP contribution < -0.4 is 20.4 Å². The van der Waals surface area contributed by atoms with Crippen molar-refractivity contribution in [1.29, 1.82) is 0 Å². The van der Waals surface area contributed by atoms with Crippen molar-refractivity contribution >= 4 is 11.8 Å². The number of ketones is 1. The molecule has 6 nitrogen and oxygen atoms in total. The molecule has 0 aliphatic rings. The fourth-order valence-electron chi connectivity index (χ4n) is 0.595. The van der Waals surface area contributed by atoms with Gasteiger partial charge in [-0.3, -0.25) is 4.79 Å². The van der Waals surface area contributed by atoms with Gasteiger partial charge >= 0.3 is 21.7 Å². The van der Waals surface area contributed by atoms with Crippen LogP contribution in [0, 0.1) is 5.92 Å². The summed E-state index contributed by atoms with van der Waals surface area (Å²) in [5.41, 5.74) is 0. The summed E-state index contributed by atoms with van der Waals surface area (Å²) in [6, 6.07) is 0. The summed E-state index contributed by atoms with van der Waals surface area (Å²) >= 11 is 0. The molecule has 0 N–H and O–H groups in total. The van der Waals surface area contributed by atoms with Gasteiger partial charge in [-0.25, -0.2) is 0 Å². The Balaban J connectivity index is -0.0000000594. The Morgan fingerprint density at radius 3 is 1.47 bits per heavy atom. The Morgan fingerprint density at radius 2 is 1.41 bits per heavy atom. The Hall–Kier alpha value is -0.526. The van der Waals surface area contributed by atoms with Gasteiger partial charge < -0.3 is 25.2 Å². The molecule has 0 rings (SSSR count). The number of Topliss-reactive ketones (excluding diaryl/α,β-unsaturated/α-hetero) is 1. The van der Waals surface area contributed by atoms with Crippen LogP contribution in [0.1, 0.15) is 13.3 Å². The molecule has 0 aromatic rings. The molecule has 0 saturated heterocycles. The van der Waals surface area contributed by atoms with Crippen LogP contribution in [0.25, 0.3) is 0 Å². The molecule has 0 aromatic carbocycles. The van der Waals surface area contributed by atoms with Crippen molar-refractivity contribution in [3.8, 4) is 0 Å². The molecule has 0 heterocycles. The molecule has 0 bridgehead atoms. The zero-order valence-corrected chi connectivity index (χ0v) is 12.1. The molecule has 0 fully saturated rings. The normalized spacial score (nSPS) is 8.18. The second-order valence-corrected chi connectivity index (χ2v) is 2.01. The number of hydrogen-bond donors (Lipinski definition) is 0. The Labute approximate surface area is 117 Å². The van der Waals surface area contributed by atoms with Gasteiger partial charge in [0.15, 0.2) is 0 Å². The van der Waals surface area contributed by atoms with Crippen LogP contribution in [0.4, 0.5) is 0 Å². The van der Waals surface area contributed by atoms with Crippen LogP contribution in [-0.2, 0) is 31.3 Å². The third-order valence-electron chi connectivity index (χ3n) is 1.18. The summed E-state index contributed by atoms with van der Waals surface area (Å²) in [4.78, 5) is 20.7. The zero-order chi connectivity index (χ0) is 14.1. The Kier molecular flexibility index (Phi) is 52.1. The topological polar surface area (TPSA) is 126 Å². The van der Waals surface area contributed by atoms with Gasteiger partial charge in [0.2, 0.25) is 0 Å². The van der Waals surface area contributed by atoms with Gasteiger partial charge in [-0.1, -0.05) is 6.08 Å². The van der Waals surface area contributed by atoms with Crippen molar-refractivity contribution in [3.05, 3.63) is 12.7 Å². The minimum absolute atomic E-state index is 0. The maximum Gasteiger partial charge on any atom is 4.00 e. The summed E-state index contributed by atoms with van der Waals surface area (Å²) < 4.78 is 0. The van der Waals surface area contributed by atoms with E-state index in [0.717, 1.165) is 21.3 Å².